The number of rotatable bonds is 12. The molecule has 2 N–H and O–H groups in total. The van der Waals surface area contributed by atoms with Crippen molar-refractivity contribution in [1.29, 1.82) is 0 Å². The molecule has 4 rings (SSSR count). The lowest BCUT2D eigenvalue weighted by Crippen LogP contribution is -2.39. The predicted molar refractivity (Wildman–Crippen MR) is 157 cm³/mol. The van der Waals surface area contributed by atoms with Crippen LogP contribution in [0.4, 0.5) is 0 Å². The molecule has 0 saturated carbocycles. The summed E-state index contributed by atoms with van der Waals surface area (Å²) in [5, 5.41) is 18.3. The van der Waals surface area contributed by atoms with Gasteiger partial charge in [-0.3, -0.25) is 9.69 Å². The number of hydrogen-bond acceptors (Lipinski definition) is 4. The Kier molecular flexibility index (Phi) is 9.64. The van der Waals surface area contributed by atoms with Crippen LogP contribution in [0.15, 0.2) is 66.7 Å². The highest BCUT2D eigenvalue weighted by Gasteiger charge is 2.27. The number of hydrogen-bond donors (Lipinski definition) is 2. The summed E-state index contributed by atoms with van der Waals surface area (Å²) in [7, 11) is 0. The summed E-state index contributed by atoms with van der Waals surface area (Å²) in [5.74, 6) is -0.769. The average Bonchev–Trinajstić information content (AvgIpc) is 2.93. The summed E-state index contributed by atoms with van der Waals surface area (Å²) >= 11 is 0. The number of unbranched alkanes of at least 4 members (excludes halogenated alkanes) is 1. The number of benzene rings is 3. The van der Waals surface area contributed by atoms with Crippen LogP contribution in [-0.2, 0) is 36.2 Å². The summed E-state index contributed by atoms with van der Waals surface area (Å²) in [5.41, 5.74) is 6.47. The van der Waals surface area contributed by atoms with Crippen molar-refractivity contribution in [3.63, 3.8) is 0 Å². The van der Waals surface area contributed by atoms with E-state index in [1.807, 2.05) is 12.1 Å². The third-order valence-electron chi connectivity index (χ3n) is 7.82. The van der Waals surface area contributed by atoms with Gasteiger partial charge in [-0.15, -0.1) is 0 Å². The largest absolute Gasteiger partial charge is 0.489 e. The van der Waals surface area contributed by atoms with Gasteiger partial charge in [-0.1, -0.05) is 69.3 Å². The first kappa shape index (κ1) is 29.3. The Labute approximate surface area is 237 Å². The average molecular weight is 544 g/mol. The van der Waals surface area contributed by atoms with E-state index < -0.39 is 11.9 Å². The molecule has 1 aliphatic carbocycles. The third kappa shape index (κ3) is 7.95. The topological polar surface area (TPSA) is 87.1 Å². The zero-order chi connectivity index (χ0) is 28.7. The smallest absolute Gasteiger partial charge is 0.335 e. The molecule has 0 aliphatic heterocycles. The lowest BCUT2D eigenvalue weighted by Gasteiger charge is -2.36. The minimum atomic E-state index is -0.932. The van der Waals surface area contributed by atoms with Crippen LogP contribution in [0.2, 0.25) is 0 Å². The Bertz CT molecular complexity index is 1290. The highest BCUT2D eigenvalue weighted by Crippen LogP contribution is 2.33. The molecule has 0 unspecified atom stereocenters. The van der Waals surface area contributed by atoms with Crippen molar-refractivity contribution < 1.29 is 24.5 Å². The van der Waals surface area contributed by atoms with Crippen LogP contribution in [0.1, 0.15) is 84.6 Å². The van der Waals surface area contributed by atoms with Gasteiger partial charge < -0.3 is 14.9 Å². The van der Waals surface area contributed by atoms with E-state index in [1.165, 1.54) is 16.7 Å². The minimum Gasteiger partial charge on any atom is -0.489 e. The summed E-state index contributed by atoms with van der Waals surface area (Å²) in [4.78, 5) is 24.8. The first-order valence-corrected chi connectivity index (χ1v) is 14.2. The second kappa shape index (κ2) is 13.1. The summed E-state index contributed by atoms with van der Waals surface area (Å²) in [6.07, 6.45) is 4.43. The van der Waals surface area contributed by atoms with Crippen LogP contribution < -0.4 is 4.74 Å². The number of aryl methyl sites for hydroxylation is 1. The van der Waals surface area contributed by atoms with Gasteiger partial charge in [0.2, 0.25) is 0 Å². The minimum absolute atomic E-state index is 0.116. The maximum Gasteiger partial charge on any atom is 0.335 e. The second-order valence-electron chi connectivity index (χ2n) is 11.8. The van der Waals surface area contributed by atoms with Crippen molar-refractivity contribution >= 4 is 11.9 Å². The Morgan fingerprint density at radius 1 is 0.925 bits per heavy atom. The Morgan fingerprint density at radius 3 is 2.27 bits per heavy atom. The Hall–Kier alpha value is -3.64. The van der Waals surface area contributed by atoms with E-state index in [9.17, 15) is 14.7 Å². The molecule has 0 saturated heterocycles. The second-order valence-corrected chi connectivity index (χ2v) is 11.8. The molecule has 0 amide bonds. The van der Waals surface area contributed by atoms with Crippen molar-refractivity contribution in [2.24, 2.45) is 0 Å². The highest BCUT2D eigenvalue weighted by atomic mass is 16.5. The summed E-state index contributed by atoms with van der Waals surface area (Å²) in [6, 6.07) is 22.3. The van der Waals surface area contributed by atoms with Gasteiger partial charge in [-0.25, -0.2) is 4.79 Å². The number of aromatic carboxylic acids is 1. The van der Waals surface area contributed by atoms with E-state index in [2.05, 4.69) is 68.1 Å². The van der Waals surface area contributed by atoms with E-state index >= 15 is 0 Å². The standard InChI is InChI=1S/C34H41NO5/c1-34(2,3)28-17-12-25(13-18-28)23-40-31-8-6-7-26-16-19-29(21-30(26)31)35(20-5-4-9-32(36)37)22-24-10-14-27(15-11-24)33(38)39/h6-8,10-15,17-18,29H,4-5,9,16,19-23H2,1-3H3,(H,36,37)(H,38,39)/t29-/m1/s1. The van der Waals surface area contributed by atoms with Crippen LogP contribution in [0, 0.1) is 0 Å². The highest BCUT2D eigenvalue weighted by molar-refractivity contribution is 5.87. The molecule has 6 nitrogen and oxygen atoms in total. The molecule has 1 atom stereocenters. The molecule has 0 spiro atoms. The van der Waals surface area contributed by atoms with E-state index in [0.29, 0.717) is 19.6 Å². The molecule has 0 radical (unpaired) electrons. The van der Waals surface area contributed by atoms with Crippen LogP contribution in [0.3, 0.4) is 0 Å². The molecule has 40 heavy (non-hydrogen) atoms. The fraction of sp³-hybridized carbons (Fsp3) is 0.412. The van der Waals surface area contributed by atoms with Crippen molar-refractivity contribution in [3.8, 4) is 5.75 Å². The summed E-state index contributed by atoms with van der Waals surface area (Å²) < 4.78 is 6.38. The van der Waals surface area contributed by atoms with Gasteiger partial charge in [0.15, 0.2) is 0 Å². The van der Waals surface area contributed by atoms with E-state index in [0.717, 1.165) is 49.1 Å². The quantitative estimate of drug-likeness (QED) is 0.242. The summed E-state index contributed by atoms with van der Waals surface area (Å²) in [6.45, 7) is 8.64. The van der Waals surface area contributed by atoms with E-state index in [1.54, 1.807) is 12.1 Å². The molecule has 1 aliphatic rings. The molecular weight excluding hydrogens is 502 g/mol. The molecule has 3 aromatic carbocycles. The van der Waals surface area contributed by atoms with Gasteiger partial charge >= 0.3 is 11.9 Å². The third-order valence-corrected chi connectivity index (χ3v) is 7.82. The molecule has 0 heterocycles. The van der Waals surface area contributed by atoms with E-state index in [-0.39, 0.29) is 23.4 Å². The van der Waals surface area contributed by atoms with Gasteiger partial charge in [-0.05, 0) is 90.1 Å². The fourth-order valence-electron chi connectivity index (χ4n) is 5.41. The number of nitrogens with zero attached hydrogens (tertiary/aromatic N) is 1. The Balaban J connectivity index is 1.48. The Morgan fingerprint density at radius 2 is 1.62 bits per heavy atom. The number of carboxylic acid groups (broad SMARTS) is 2. The monoisotopic (exact) mass is 543 g/mol. The SMILES string of the molecule is CC(C)(C)c1ccc(COc2cccc3c2C[C@H](N(CCCCC(=O)O)Cc2ccc(C(=O)O)cc2)CC3)cc1. The fourth-order valence-corrected chi connectivity index (χ4v) is 5.41. The van der Waals surface area contributed by atoms with Gasteiger partial charge in [0.1, 0.15) is 12.4 Å². The number of carboxylic acids is 2. The molecule has 6 heteroatoms. The number of fused-ring (bicyclic) bond motifs is 1. The normalized spacial score (nSPS) is 15.1. The maximum absolute atomic E-state index is 11.3. The van der Waals surface area contributed by atoms with Crippen molar-refractivity contribution in [2.45, 2.75) is 83.9 Å². The number of ether oxygens (including phenoxy) is 1. The predicted octanol–water partition coefficient (Wildman–Crippen LogP) is 6.88. The lowest BCUT2D eigenvalue weighted by molar-refractivity contribution is -0.137. The van der Waals surface area contributed by atoms with E-state index in [4.69, 9.17) is 9.84 Å². The molecule has 0 fully saturated rings. The van der Waals surface area contributed by atoms with Crippen LogP contribution in [0.5, 0.6) is 5.75 Å². The molecule has 3 aromatic rings. The zero-order valence-electron chi connectivity index (χ0n) is 23.9. The van der Waals surface area contributed by atoms with Gasteiger partial charge in [0.05, 0.1) is 5.56 Å². The zero-order valence-corrected chi connectivity index (χ0v) is 23.9. The molecule has 212 valence electrons. The van der Waals surface area contributed by atoms with Crippen molar-refractivity contribution in [3.05, 3.63) is 100 Å². The van der Waals surface area contributed by atoms with Crippen LogP contribution in [-0.4, -0.2) is 39.6 Å². The van der Waals surface area contributed by atoms with Crippen LogP contribution >= 0.6 is 0 Å². The van der Waals surface area contributed by atoms with Gasteiger partial charge in [0.25, 0.3) is 0 Å². The molecule has 0 bridgehead atoms. The first-order valence-electron chi connectivity index (χ1n) is 14.2. The van der Waals surface area contributed by atoms with Crippen LogP contribution in [0.25, 0.3) is 0 Å². The van der Waals surface area contributed by atoms with Gasteiger partial charge in [0, 0.05) is 19.0 Å². The van der Waals surface area contributed by atoms with Crippen molar-refractivity contribution in [2.75, 3.05) is 6.54 Å². The van der Waals surface area contributed by atoms with Crippen molar-refractivity contribution in [1.82, 2.24) is 4.90 Å². The van der Waals surface area contributed by atoms with Gasteiger partial charge in [-0.2, -0.15) is 0 Å². The molecule has 0 aromatic heterocycles. The number of aliphatic carboxylic acids is 1. The first-order chi connectivity index (χ1) is 19.1. The number of carbonyl (C=O) groups is 2. The maximum atomic E-state index is 11.3. The molecular formula is C34H41NO5. The lowest BCUT2D eigenvalue weighted by atomic mass is 9.86.